The van der Waals surface area contributed by atoms with Gasteiger partial charge < -0.3 is 14.2 Å². The van der Waals surface area contributed by atoms with Gasteiger partial charge in [0.15, 0.2) is 0 Å². The summed E-state index contributed by atoms with van der Waals surface area (Å²) in [6, 6.07) is 25.2. The quantitative estimate of drug-likeness (QED) is 0.136. The van der Waals surface area contributed by atoms with E-state index in [9.17, 15) is 0 Å². The molecule has 0 aliphatic heterocycles. The van der Waals surface area contributed by atoms with Gasteiger partial charge in [0, 0.05) is 15.9 Å². The van der Waals surface area contributed by atoms with Crippen molar-refractivity contribution in [3.63, 3.8) is 0 Å². The van der Waals surface area contributed by atoms with E-state index in [1.807, 2.05) is 30.4 Å². The van der Waals surface area contributed by atoms with Crippen molar-refractivity contribution in [2.75, 3.05) is 39.8 Å². The lowest BCUT2D eigenvalue weighted by Crippen LogP contribution is -2.29. The van der Waals surface area contributed by atoms with E-state index in [1.54, 1.807) is 27.4 Å². The first-order valence-electron chi connectivity index (χ1n) is 12.6. The van der Waals surface area contributed by atoms with E-state index in [1.165, 1.54) is 15.9 Å². The Kier molecular flexibility index (Phi) is 11.5. The molecule has 0 radical (unpaired) electrons. The molecule has 0 saturated carbocycles. The molecule has 0 fully saturated rings. The maximum absolute atomic E-state index is 5.84. The fraction of sp³-hybridized carbons (Fsp3) is 0.273. The van der Waals surface area contributed by atoms with Gasteiger partial charge in [0.1, 0.15) is 17.2 Å². The van der Waals surface area contributed by atoms with Crippen LogP contribution in [0, 0.1) is 17.8 Å². The van der Waals surface area contributed by atoms with Crippen LogP contribution in [0.15, 0.2) is 97.1 Å². The summed E-state index contributed by atoms with van der Waals surface area (Å²) in [5, 5.41) is 3.77. The van der Waals surface area contributed by atoms with Crippen molar-refractivity contribution in [2.24, 2.45) is 5.41 Å². The summed E-state index contributed by atoms with van der Waals surface area (Å²) in [6.07, 6.45) is 16.3. The van der Waals surface area contributed by atoms with Crippen LogP contribution in [-0.4, -0.2) is 39.8 Å². The molecular formula is C33H38O3P2. The zero-order valence-electron chi connectivity index (χ0n) is 23.1. The molecule has 0 aromatic heterocycles. The Morgan fingerprint density at radius 3 is 1.68 bits per heavy atom. The molecule has 38 heavy (non-hydrogen) atoms. The van der Waals surface area contributed by atoms with Crippen molar-refractivity contribution in [3.8, 4) is 29.6 Å². The molecular weight excluding hydrogens is 506 g/mol. The van der Waals surface area contributed by atoms with Crippen molar-refractivity contribution in [1.29, 1.82) is 0 Å². The highest BCUT2D eigenvalue weighted by Crippen LogP contribution is 2.50. The van der Waals surface area contributed by atoms with Gasteiger partial charge in [0.05, 0.1) is 21.3 Å². The number of terminal acetylenes is 1. The van der Waals surface area contributed by atoms with Crippen molar-refractivity contribution in [1.82, 2.24) is 0 Å². The number of benzene rings is 3. The molecule has 1 atom stereocenters. The Hall–Kier alpha value is -3.04. The smallest absolute Gasteiger partial charge is 0.126 e. The lowest BCUT2D eigenvalue weighted by atomic mass is 10.00. The van der Waals surface area contributed by atoms with E-state index >= 15 is 0 Å². The van der Waals surface area contributed by atoms with Crippen molar-refractivity contribution in [2.45, 2.75) is 13.8 Å². The first-order chi connectivity index (χ1) is 18.4. The van der Waals surface area contributed by atoms with E-state index in [0.29, 0.717) is 0 Å². The predicted molar refractivity (Wildman–Crippen MR) is 167 cm³/mol. The first-order valence-corrected chi connectivity index (χ1v) is 15.9. The van der Waals surface area contributed by atoms with Crippen LogP contribution in [0.1, 0.15) is 13.8 Å². The van der Waals surface area contributed by atoms with Crippen LogP contribution in [-0.2, 0) is 0 Å². The highest BCUT2D eigenvalue weighted by molar-refractivity contribution is 7.73. The van der Waals surface area contributed by atoms with Gasteiger partial charge in [0.25, 0.3) is 0 Å². The third-order valence-electron chi connectivity index (χ3n) is 6.15. The number of methoxy groups -OCH3 is 3. The van der Waals surface area contributed by atoms with Gasteiger partial charge in [-0.15, -0.1) is 6.42 Å². The average molecular weight is 545 g/mol. The maximum Gasteiger partial charge on any atom is 0.126 e. The molecule has 0 N–H and O–H groups in total. The highest BCUT2D eigenvalue weighted by atomic mass is 31.1. The molecule has 1 unspecified atom stereocenters. The third-order valence-corrected chi connectivity index (χ3v) is 12.2. The Morgan fingerprint density at radius 1 is 0.711 bits per heavy atom. The number of hydrogen-bond acceptors (Lipinski definition) is 3. The molecule has 0 bridgehead atoms. The standard InChI is InChI=1S/C33H38O3P2/c1-7-8-9-10-17-24-37(30-21-14-11-18-27(30)34-4)25-33(2,3)26-38(31-22-15-12-19-28(31)35-5)32-23-16-13-20-29(32)36-6/h1,8-23H,24-26H2,2-6H3/b9-8-,17-10-. The molecule has 3 aromatic rings. The van der Waals surface area contributed by atoms with Gasteiger partial charge in [-0.2, -0.15) is 0 Å². The largest absolute Gasteiger partial charge is 0.496 e. The molecule has 0 aliphatic rings. The van der Waals surface area contributed by atoms with Crippen molar-refractivity contribution < 1.29 is 14.2 Å². The van der Waals surface area contributed by atoms with Crippen LogP contribution in [0.2, 0.25) is 0 Å². The van der Waals surface area contributed by atoms with Crippen LogP contribution in [0.5, 0.6) is 17.2 Å². The summed E-state index contributed by atoms with van der Waals surface area (Å²) in [5.41, 5.74) is 0.0302. The van der Waals surface area contributed by atoms with Gasteiger partial charge in [-0.05, 0) is 56.1 Å². The molecule has 0 aliphatic carbocycles. The maximum atomic E-state index is 5.84. The number of ether oxygens (including phenoxy) is 3. The Bertz CT molecular complexity index is 1230. The number of hydrogen-bond donors (Lipinski definition) is 0. The summed E-state index contributed by atoms with van der Waals surface area (Å²) in [7, 11) is 3.98. The number of para-hydroxylation sites is 3. The first kappa shape index (κ1) is 29.5. The lowest BCUT2D eigenvalue weighted by molar-refractivity contribution is 0.417. The van der Waals surface area contributed by atoms with Crippen LogP contribution in [0.4, 0.5) is 0 Å². The average Bonchev–Trinajstić information content (AvgIpc) is 2.95. The fourth-order valence-corrected chi connectivity index (χ4v) is 10.4. The summed E-state index contributed by atoms with van der Waals surface area (Å²) in [5.74, 6) is 5.36. The number of allylic oxidation sites excluding steroid dienone is 4. The van der Waals surface area contributed by atoms with E-state index < -0.39 is 15.8 Å². The minimum Gasteiger partial charge on any atom is -0.496 e. The third kappa shape index (κ3) is 7.98. The van der Waals surface area contributed by atoms with E-state index in [-0.39, 0.29) is 5.41 Å². The predicted octanol–water partition coefficient (Wildman–Crippen LogP) is 6.72. The molecule has 5 heteroatoms. The highest BCUT2D eigenvalue weighted by Gasteiger charge is 2.32. The van der Waals surface area contributed by atoms with Gasteiger partial charge in [-0.25, -0.2) is 0 Å². The summed E-state index contributed by atoms with van der Waals surface area (Å²) in [6.45, 7) is 4.78. The Balaban J connectivity index is 2.00. The van der Waals surface area contributed by atoms with Crippen LogP contribution < -0.4 is 30.1 Å². The summed E-state index contributed by atoms with van der Waals surface area (Å²) >= 11 is 0. The van der Waals surface area contributed by atoms with Gasteiger partial charge in [-0.1, -0.05) is 101 Å². The lowest BCUT2D eigenvalue weighted by Gasteiger charge is -2.35. The fourth-order valence-electron chi connectivity index (χ4n) is 4.52. The normalized spacial score (nSPS) is 12.6. The second-order valence-electron chi connectivity index (χ2n) is 9.60. The topological polar surface area (TPSA) is 27.7 Å². The second kappa shape index (κ2) is 14.8. The minimum atomic E-state index is -0.746. The van der Waals surface area contributed by atoms with Crippen LogP contribution in [0.25, 0.3) is 0 Å². The van der Waals surface area contributed by atoms with E-state index in [4.69, 9.17) is 20.6 Å². The Labute approximate surface area is 231 Å². The van der Waals surface area contributed by atoms with E-state index in [2.05, 4.69) is 80.4 Å². The van der Waals surface area contributed by atoms with Gasteiger partial charge in [-0.3, -0.25) is 0 Å². The van der Waals surface area contributed by atoms with Gasteiger partial charge >= 0.3 is 0 Å². The zero-order valence-corrected chi connectivity index (χ0v) is 24.8. The zero-order chi connectivity index (χ0) is 27.4. The molecule has 3 rings (SSSR count). The molecule has 0 amide bonds. The molecule has 3 nitrogen and oxygen atoms in total. The monoisotopic (exact) mass is 544 g/mol. The summed E-state index contributed by atoms with van der Waals surface area (Å²) in [4.78, 5) is 0. The molecule has 0 saturated heterocycles. The summed E-state index contributed by atoms with van der Waals surface area (Å²) < 4.78 is 17.5. The van der Waals surface area contributed by atoms with Crippen molar-refractivity contribution >= 4 is 31.8 Å². The molecule has 198 valence electrons. The second-order valence-corrected chi connectivity index (χ2v) is 14.0. The Morgan fingerprint density at radius 2 is 1.18 bits per heavy atom. The van der Waals surface area contributed by atoms with Crippen molar-refractivity contribution in [3.05, 3.63) is 97.1 Å². The number of rotatable bonds is 13. The minimum absolute atomic E-state index is 0.0302. The van der Waals surface area contributed by atoms with E-state index in [0.717, 1.165) is 35.7 Å². The van der Waals surface area contributed by atoms with Crippen LogP contribution in [0.3, 0.4) is 0 Å². The molecule has 3 aromatic carbocycles. The molecule has 0 spiro atoms. The SMILES string of the molecule is C#C/C=C\C=C/CP(CC(C)(C)CP(c1ccccc1OC)c1ccccc1OC)c1ccccc1OC. The van der Waals surface area contributed by atoms with Crippen LogP contribution >= 0.6 is 15.8 Å². The molecule has 0 heterocycles. The van der Waals surface area contributed by atoms with Gasteiger partial charge in [0.2, 0.25) is 0 Å².